The molecule has 1 fully saturated rings. The largest absolute Gasteiger partial charge is 0.373 e. The third-order valence-electron chi connectivity index (χ3n) is 2.97. The van der Waals surface area contributed by atoms with Crippen LogP contribution < -0.4 is 5.32 Å². The van der Waals surface area contributed by atoms with E-state index in [2.05, 4.69) is 20.2 Å². The molecule has 0 radical (unpaired) electrons. The minimum absolute atomic E-state index is 0.885. The predicted octanol–water partition coefficient (Wildman–Crippen LogP) is 1.81. The van der Waals surface area contributed by atoms with Crippen molar-refractivity contribution in [2.24, 2.45) is 0 Å². The highest BCUT2D eigenvalue weighted by Crippen LogP contribution is 2.12. The lowest BCUT2D eigenvalue weighted by atomic mass is 10.1. The fourth-order valence-electron chi connectivity index (χ4n) is 2.15. The summed E-state index contributed by atoms with van der Waals surface area (Å²) in [4.78, 5) is 11.4. The molecule has 1 aromatic heterocycles. The maximum Gasteiger partial charge on any atom is 0.144 e. The minimum atomic E-state index is 0.885. The minimum Gasteiger partial charge on any atom is -0.373 e. The molecule has 1 N–H and O–H groups in total. The summed E-state index contributed by atoms with van der Waals surface area (Å²) in [6, 6.07) is 1.97. The quantitative estimate of drug-likeness (QED) is 0.843. The Bertz CT molecular complexity index is 345. The molecule has 16 heavy (non-hydrogen) atoms. The summed E-state index contributed by atoms with van der Waals surface area (Å²) in [6.07, 6.45) is 3.99. The molecule has 0 bridgehead atoms. The third kappa shape index (κ3) is 2.92. The predicted molar refractivity (Wildman–Crippen MR) is 65.4 cm³/mol. The van der Waals surface area contributed by atoms with Crippen molar-refractivity contribution in [3.8, 4) is 0 Å². The fourth-order valence-corrected chi connectivity index (χ4v) is 2.15. The van der Waals surface area contributed by atoms with Gasteiger partial charge >= 0.3 is 0 Å². The lowest BCUT2D eigenvalue weighted by molar-refractivity contribution is 0.216. The topological polar surface area (TPSA) is 41.1 Å². The highest BCUT2D eigenvalue weighted by molar-refractivity contribution is 5.34. The van der Waals surface area contributed by atoms with Crippen LogP contribution in [0, 0.1) is 6.92 Å². The molecule has 0 amide bonds. The highest BCUT2D eigenvalue weighted by Gasteiger charge is 2.12. The average Bonchev–Trinajstić information content (AvgIpc) is 2.29. The van der Waals surface area contributed by atoms with Gasteiger partial charge in [0.1, 0.15) is 11.6 Å². The molecule has 1 aliphatic rings. The number of hydrogen-bond acceptors (Lipinski definition) is 4. The van der Waals surface area contributed by atoms with Crippen molar-refractivity contribution in [1.29, 1.82) is 0 Å². The second-order valence-corrected chi connectivity index (χ2v) is 4.40. The van der Waals surface area contributed by atoms with Gasteiger partial charge in [0, 0.05) is 18.8 Å². The maximum absolute atomic E-state index is 4.48. The van der Waals surface area contributed by atoms with Gasteiger partial charge in [-0.25, -0.2) is 9.97 Å². The van der Waals surface area contributed by atoms with Crippen molar-refractivity contribution < 1.29 is 0 Å². The number of aromatic nitrogens is 2. The third-order valence-corrected chi connectivity index (χ3v) is 2.97. The molecule has 0 saturated carbocycles. The number of anilines is 1. The molecule has 1 aliphatic heterocycles. The number of nitrogens with zero attached hydrogens (tertiary/aromatic N) is 3. The molecule has 0 atom stereocenters. The van der Waals surface area contributed by atoms with E-state index in [0.29, 0.717) is 0 Å². The van der Waals surface area contributed by atoms with E-state index in [4.69, 9.17) is 0 Å². The molecule has 0 unspecified atom stereocenters. The van der Waals surface area contributed by atoms with Gasteiger partial charge in [-0.3, -0.25) is 4.90 Å². The van der Waals surface area contributed by atoms with E-state index < -0.39 is 0 Å². The molecule has 4 nitrogen and oxygen atoms in total. The van der Waals surface area contributed by atoms with E-state index in [1.165, 1.54) is 32.4 Å². The molecular weight excluding hydrogens is 200 g/mol. The van der Waals surface area contributed by atoms with E-state index in [0.717, 1.165) is 23.9 Å². The summed E-state index contributed by atoms with van der Waals surface area (Å²) < 4.78 is 0. The number of nitrogens with one attached hydrogen (secondary N) is 1. The fraction of sp³-hybridized carbons (Fsp3) is 0.667. The molecular formula is C12H20N4. The van der Waals surface area contributed by atoms with Crippen LogP contribution in [-0.4, -0.2) is 35.0 Å². The molecule has 2 rings (SSSR count). The van der Waals surface area contributed by atoms with E-state index in [-0.39, 0.29) is 0 Å². The monoisotopic (exact) mass is 220 g/mol. The Hall–Kier alpha value is -1.16. The van der Waals surface area contributed by atoms with E-state index in [1.807, 2.05) is 20.0 Å². The normalized spacial score (nSPS) is 17.4. The Balaban J connectivity index is 2.04. The molecule has 1 saturated heterocycles. The molecule has 0 aromatic carbocycles. The zero-order valence-electron chi connectivity index (χ0n) is 10.2. The number of likely N-dealkylation sites (tertiary alicyclic amines) is 1. The smallest absolute Gasteiger partial charge is 0.144 e. The van der Waals surface area contributed by atoms with Crippen molar-refractivity contribution in [2.45, 2.75) is 32.7 Å². The SMILES string of the molecule is CNc1cc(C)nc(CN2CCCCC2)n1. The van der Waals surface area contributed by atoms with Gasteiger partial charge in [0.15, 0.2) is 0 Å². The zero-order valence-corrected chi connectivity index (χ0v) is 10.2. The first kappa shape index (κ1) is 11.3. The first-order valence-corrected chi connectivity index (χ1v) is 6.02. The molecule has 88 valence electrons. The average molecular weight is 220 g/mol. The second kappa shape index (κ2) is 5.25. The Morgan fingerprint density at radius 3 is 2.69 bits per heavy atom. The van der Waals surface area contributed by atoms with Crippen LogP contribution in [0.15, 0.2) is 6.07 Å². The zero-order chi connectivity index (χ0) is 11.4. The van der Waals surface area contributed by atoms with Crippen LogP contribution in [0.1, 0.15) is 30.8 Å². The molecule has 4 heteroatoms. The maximum atomic E-state index is 4.48. The summed E-state index contributed by atoms with van der Waals surface area (Å²) in [5.74, 6) is 1.85. The van der Waals surface area contributed by atoms with Crippen molar-refractivity contribution in [3.05, 3.63) is 17.6 Å². The Morgan fingerprint density at radius 1 is 1.25 bits per heavy atom. The summed E-state index contributed by atoms with van der Waals surface area (Å²) in [6.45, 7) is 5.27. The van der Waals surface area contributed by atoms with Crippen LogP contribution in [-0.2, 0) is 6.54 Å². The number of piperidine rings is 1. The van der Waals surface area contributed by atoms with Gasteiger partial charge in [0.25, 0.3) is 0 Å². The van der Waals surface area contributed by atoms with E-state index in [1.54, 1.807) is 0 Å². The van der Waals surface area contributed by atoms with Crippen molar-refractivity contribution in [3.63, 3.8) is 0 Å². The van der Waals surface area contributed by atoms with Crippen molar-refractivity contribution >= 4 is 5.82 Å². The Labute approximate surface area is 97.1 Å². The van der Waals surface area contributed by atoms with Gasteiger partial charge in [-0.05, 0) is 32.9 Å². The van der Waals surface area contributed by atoms with Gasteiger partial charge < -0.3 is 5.32 Å². The lowest BCUT2D eigenvalue weighted by Gasteiger charge is -2.25. The van der Waals surface area contributed by atoms with Gasteiger partial charge in [-0.1, -0.05) is 6.42 Å². The first-order chi connectivity index (χ1) is 7.78. The molecule has 1 aromatic rings. The van der Waals surface area contributed by atoms with Gasteiger partial charge in [-0.2, -0.15) is 0 Å². The summed E-state index contributed by atoms with van der Waals surface area (Å²) in [5, 5.41) is 3.08. The standard InChI is InChI=1S/C12H20N4/c1-10-8-11(13-2)15-12(14-10)9-16-6-4-3-5-7-16/h8H,3-7,9H2,1-2H3,(H,13,14,15). The van der Waals surface area contributed by atoms with E-state index >= 15 is 0 Å². The Morgan fingerprint density at radius 2 is 2.00 bits per heavy atom. The van der Waals surface area contributed by atoms with Gasteiger partial charge in [0.2, 0.25) is 0 Å². The van der Waals surface area contributed by atoms with Crippen LogP contribution in [0.25, 0.3) is 0 Å². The van der Waals surface area contributed by atoms with Crippen LogP contribution >= 0.6 is 0 Å². The van der Waals surface area contributed by atoms with Crippen LogP contribution in [0.2, 0.25) is 0 Å². The lowest BCUT2D eigenvalue weighted by Crippen LogP contribution is -2.30. The number of rotatable bonds is 3. The summed E-state index contributed by atoms with van der Waals surface area (Å²) in [5.41, 5.74) is 1.03. The van der Waals surface area contributed by atoms with Crippen molar-refractivity contribution in [2.75, 3.05) is 25.5 Å². The highest BCUT2D eigenvalue weighted by atomic mass is 15.2. The number of aryl methyl sites for hydroxylation is 1. The van der Waals surface area contributed by atoms with Crippen LogP contribution in [0.3, 0.4) is 0 Å². The van der Waals surface area contributed by atoms with Crippen molar-refractivity contribution in [1.82, 2.24) is 14.9 Å². The summed E-state index contributed by atoms with van der Waals surface area (Å²) >= 11 is 0. The van der Waals surface area contributed by atoms with Crippen LogP contribution in [0.4, 0.5) is 5.82 Å². The first-order valence-electron chi connectivity index (χ1n) is 6.02. The van der Waals surface area contributed by atoms with Gasteiger partial charge in [0.05, 0.1) is 6.54 Å². The summed E-state index contributed by atoms with van der Waals surface area (Å²) in [7, 11) is 1.90. The Kier molecular flexibility index (Phi) is 3.72. The van der Waals surface area contributed by atoms with E-state index in [9.17, 15) is 0 Å². The number of hydrogen-bond donors (Lipinski definition) is 1. The molecule has 0 spiro atoms. The van der Waals surface area contributed by atoms with Gasteiger partial charge in [-0.15, -0.1) is 0 Å². The second-order valence-electron chi connectivity index (χ2n) is 4.40. The molecule has 2 heterocycles. The molecule has 0 aliphatic carbocycles. The van der Waals surface area contributed by atoms with Crippen LogP contribution in [0.5, 0.6) is 0 Å².